The molecule has 0 spiro atoms. The Morgan fingerprint density at radius 3 is 2.52 bits per heavy atom. The lowest BCUT2D eigenvalue weighted by Crippen LogP contribution is -2.22. The zero-order valence-electron chi connectivity index (χ0n) is 18.8. The standard InChI is InChI=1S/C21H29N5O4S/c1-7-26-19-10-8-16(31(28,29)24(4)5)12-18(19)22-20(26)13-30-21(27)11-9-17-14(2)23-25(6)15(17)3/h8,10,12H,7,9,11,13H2,1-6H3. The van der Waals surface area contributed by atoms with Crippen LogP contribution in [0.2, 0.25) is 0 Å². The van der Waals surface area contributed by atoms with Crippen LogP contribution in [-0.2, 0) is 46.2 Å². The highest BCUT2D eigenvalue weighted by Gasteiger charge is 2.20. The van der Waals surface area contributed by atoms with Crippen molar-refractivity contribution in [3.05, 3.63) is 41.0 Å². The zero-order chi connectivity index (χ0) is 22.9. The molecule has 0 fully saturated rings. The maximum atomic E-state index is 12.4. The van der Waals surface area contributed by atoms with Crippen LogP contribution in [0.15, 0.2) is 23.1 Å². The van der Waals surface area contributed by atoms with Crippen molar-refractivity contribution < 1.29 is 17.9 Å². The summed E-state index contributed by atoms with van der Waals surface area (Å²) in [5.41, 5.74) is 4.38. The SMILES string of the molecule is CCn1c(COC(=O)CCc2c(C)nn(C)c2C)nc2cc(S(=O)(=O)N(C)C)ccc21. The second-order valence-electron chi connectivity index (χ2n) is 7.64. The van der Waals surface area contributed by atoms with E-state index in [-0.39, 0.29) is 23.9 Å². The zero-order valence-corrected chi connectivity index (χ0v) is 19.7. The summed E-state index contributed by atoms with van der Waals surface area (Å²) in [5, 5.41) is 4.37. The van der Waals surface area contributed by atoms with Crippen LogP contribution >= 0.6 is 0 Å². The highest BCUT2D eigenvalue weighted by molar-refractivity contribution is 7.89. The second-order valence-corrected chi connectivity index (χ2v) is 9.80. The minimum Gasteiger partial charge on any atom is -0.457 e. The van der Waals surface area contributed by atoms with E-state index in [0.717, 1.165) is 22.5 Å². The number of fused-ring (bicyclic) bond motifs is 1. The van der Waals surface area contributed by atoms with Gasteiger partial charge in [-0.25, -0.2) is 17.7 Å². The molecule has 3 rings (SSSR count). The quantitative estimate of drug-likeness (QED) is 0.492. The number of imidazole rings is 1. The van der Waals surface area contributed by atoms with E-state index in [9.17, 15) is 13.2 Å². The molecule has 0 aliphatic rings. The molecular formula is C21H29N5O4S. The van der Waals surface area contributed by atoms with Gasteiger partial charge in [0.05, 0.1) is 21.6 Å². The Bertz CT molecular complexity index is 1220. The van der Waals surface area contributed by atoms with Gasteiger partial charge < -0.3 is 9.30 Å². The number of aromatic nitrogens is 4. The van der Waals surface area contributed by atoms with Gasteiger partial charge in [-0.2, -0.15) is 5.10 Å². The maximum absolute atomic E-state index is 12.4. The monoisotopic (exact) mass is 447 g/mol. The Hall–Kier alpha value is -2.72. The molecule has 168 valence electrons. The number of hydrogen-bond donors (Lipinski definition) is 0. The molecule has 31 heavy (non-hydrogen) atoms. The number of ether oxygens (including phenoxy) is 1. The number of sulfonamides is 1. The summed E-state index contributed by atoms with van der Waals surface area (Å²) in [6.45, 7) is 6.53. The molecule has 2 heterocycles. The number of esters is 1. The van der Waals surface area contributed by atoms with Gasteiger partial charge in [-0.3, -0.25) is 9.48 Å². The van der Waals surface area contributed by atoms with Crippen molar-refractivity contribution in [3.63, 3.8) is 0 Å². The predicted octanol–water partition coefficient (Wildman–Crippen LogP) is 2.33. The third-order valence-electron chi connectivity index (χ3n) is 5.49. The molecule has 0 N–H and O–H groups in total. The Morgan fingerprint density at radius 1 is 1.23 bits per heavy atom. The minimum absolute atomic E-state index is 0.0299. The van der Waals surface area contributed by atoms with Gasteiger partial charge in [-0.1, -0.05) is 0 Å². The van der Waals surface area contributed by atoms with Crippen LogP contribution in [0, 0.1) is 13.8 Å². The Labute approximate surface area is 182 Å². The average molecular weight is 448 g/mol. The summed E-state index contributed by atoms with van der Waals surface area (Å²) in [6.07, 6.45) is 0.825. The van der Waals surface area contributed by atoms with Gasteiger partial charge in [-0.15, -0.1) is 0 Å². The summed E-state index contributed by atoms with van der Waals surface area (Å²) in [6, 6.07) is 4.86. The number of hydrogen-bond acceptors (Lipinski definition) is 6. The van der Waals surface area contributed by atoms with Crippen molar-refractivity contribution in [2.75, 3.05) is 14.1 Å². The highest BCUT2D eigenvalue weighted by Crippen LogP contribution is 2.23. The van der Waals surface area contributed by atoms with Crippen molar-refractivity contribution in [3.8, 4) is 0 Å². The fraction of sp³-hybridized carbons (Fsp3) is 0.476. The third kappa shape index (κ3) is 4.49. The lowest BCUT2D eigenvalue weighted by atomic mass is 10.1. The van der Waals surface area contributed by atoms with E-state index in [2.05, 4.69) is 10.1 Å². The van der Waals surface area contributed by atoms with Crippen LogP contribution in [0.1, 0.15) is 36.1 Å². The van der Waals surface area contributed by atoms with E-state index < -0.39 is 10.0 Å². The number of aryl methyl sites for hydroxylation is 3. The van der Waals surface area contributed by atoms with E-state index in [1.807, 2.05) is 37.1 Å². The summed E-state index contributed by atoms with van der Waals surface area (Å²) >= 11 is 0. The first-order chi connectivity index (χ1) is 14.6. The number of nitrogens with zero attached hydrogens (tertiary/aromatic N) is 5. The summed E-state index contributed by atoms with van der Waals surface area (Å²) in [7, 11) is 1.31. The molecule has 2 aromatic heterocycles. The smallest absolute Gasteiger partial charge is 0.306 e. The molecule has 9 nitrogen and oxygen atoms in total. The van der Waals surface area contributed by atoms with Crippen molar-refractivity contribution in [2.24, 2.45) is 7.05 Å². The van der Waals surface area contributed by atoms with Gasteiger partial charge in [0.2, 0.25) is 10.0 Å². The fourth-order valence-electron chi connectivity index (χ4n) is 3.62. The van der Waals surface area contributed by atoms with Gasteiger partial charge in [0.1, 0.15) is 12.4 Å². The first kappa shape index (κ1) is 23.0. The number of benzene rings is 1. The van der Waals surface area contributed by atoms with E-state index >= 15 is 0 Å². The van der Waals surface area contributed by atoms with Crippen molar-refractivity contribution in [1.82, 2.24) is 23.6 Å². The summed E-state index contributed by atoms with van der Waals surface area (Å²) < 4.78 is 35.2. The first-order valence-electron chi connectivity index (χ1n) is 10.1. The van der Waals surface area contributed by atoms with Crippen molar-refractivity contribution in [1.29, 1.82) is 0 Å². The van der Waals surface area contributed by atoms with Crippen LogP contribution in [0.5, 0.6) is 0 Å². The lowest BCUT2D eigenvalue weighted by Gasteiger charge is -2.11. The van der Waals surface area contributed by atoms with Crippen LogP contribution in [0.4, 0.5) is 0 Å². The molecule has 0 radical (unpaired) electrons. The summed E-state index contributed by atoms with van der Waals surface area (Å²) in [5.74, 6) is 0.271. The molecule has 0 amide bonds. The molecule has 0 aliphatic heterocycles. The highest BCUT2D eigenvalue weighted by atomic mass is 32.2. The van der Waals surface area contributed by atoms with Crippen LogP contribution in [0.3, 0.4) is 0 Å². The van der Waals surface area contributed by atoms with E-state index in [4.69, 9.17) is 4.74 Å². The first-order valence-corrected chi connectivity index (χ1v) is 11.6. The average Bonchev–Trinajstić information content (AvgIpc) is 3.19. The van der Waals surface area contributed by atoms with Gasteiger partial charge in [0.15, 0.2) is 0 Å². The normalized spacial score (nSPS) is 12.1. The second kappa shape index (κ2) is 8.80. The molecule has 10 heteroatoms. The molecule has 0 unspecified atom stereocenters. The van der Waals surface area contributed by atoms with Crippen LogP contribution in [0.25, 0.3) is 11.0 Å². The molecule has 0 saturated carbocycles. The Morgan fingerprint density at radius 2 is 1.94 bits per heavy atom. The molecule has 0 saturated heterocycles. The van der Waals surface area contributed by atoms with Crippen LogP contribution in [-0.4, -0.2) is 52.1 Å². The number of carbonyl (C=O) groups excluding carboxylic acids is 1. The topological polar surface area (TPSA) is 99.3 Å². The Balaban J connectivity index is 1.74. The number of rotatable bonds is 8. The molecular weight excluding hydrogens is 418 g/mol. The van der Waals surface area contributed by atoms with Crippen molar-refractivity contribution in [2.45, 2.75) is 51.7 Å². The maximum Gasteiger partial charge on any atom is 0.306 e. The largest absolute Gasteiger partial charge is 0.457 e. The van der Waals surface area contributed by atoms with E-state index in [0.29, 0.717) is 24.3 Å². The molecule has 0 aliphatic carbocycles. The van der Waals surface area contributed by atoms with Gasteiger partial charge in [0.25, 0.3) is 0 Å². The van der Waals surface area contributed by atoms with Gasteiger partial charge in [0, 0.05) is 39.8 Å². The van der Waals surface area contributed by atoms with Gasteiger partial charge in [-0.05, 0) is 51.0 Å². The third-order valence-corrected chi connectivity index (χ3v) is 7.30. The Kier molecular flexibility index (Phi) is 6.51. The minimum atomic E-state index is -3.55. The molecule has 3 aromatic rings. The fourth-order valence-corrected chi connectivity index (χ4v) is 4.54. The van der Waals surface area contributed by atoms with Crippen LogP contribution < -0.4 is 0 Å². The number of carbonyl (C=O) groups is 1. The molecule has 1 aromatic carbocycles. The van der Waals surface area contributed by atoms with E-state index in [1.165, 1.54) is 18.4 Å². The van der Waals surface area contributed by atoms with E-state index in [1.54, 1.807) is 18.2 Å². The lowest BCUT2D eigenvalue weighted by molar-refractivity contribution is -0.145. The summed E-state index contributed by atoms with van der Waals surface area (Å²) in [4.78, 5) is 17.0. The predicted molar refractivity (Wildman–Crippen MR) is 117 cm³/mol. The molecule has 0 bridgehead atoms. The molecule has 0 atom stereocenters. The van der Waals surface area contributed by atoms with Gasteiger partial charge >= 0.3 is 5.97 Å². The van der Waals surface area contributed by atoms with Crippen molar-refractivity contribution >= 4 is 27.0 Å².